The second kappa shape index (κ2) is 6.75. The van der Waals surface area contributed by atoms with Crippen LogP contribution in [0.1, 0.15) is 11.1 Å². The molecule has 0 spiro atoms. The first-order valence-electron chi connectivity index (χ1n) is 8.24. The first-order valence-corrected chi connectivity index (χ1v) is 8.24. The summed E-state index contributed by atoms with van der Waals surface area (Å²) in [7, 11) is 1.93. The van der Waals surface area contributed by atoms with Crippen LogP contribution in [0.4, 0.5) is 13.2 Å². The lowest BCUT2D eigenvalue weighted by Gasteiger charge is -2.47. The molecule has 0 radical (unpaired) electrons. The van der Waals surface area contributed by atoms with Crippen LogP contribution in [-0.4, -0.2) is 54.8 Å². The first-order chi connectivity index (χ1) is 13.1. The van der Waals surface area contributed by atoms with Crippen LogP contribution < -0.4 is 0 Å². The van der Waals surface area contributed by atoms with Crippen molar-refractivity contribution in [1.82, 2.24) is 0 Å². The van der Waals surface area contributed by atoms with E-state index in [0.717, 1.165) is 20.3 Å². The Morgan fingerprint density at radius 3 is 2.32 bits per heavy atom. The summed E-state index contributed by atoms with van der Waals surface area (Å²) in [5, 5.41) is 20.8. The van der Waals surface area contributed by atoms with Crippen molar-refractivity contribution in [3.63, 3.8) is 0 Å². The largest absolute Gasteiger partial charge is 0.469 e. The van der Waals surface area contributed by atoms with E-state index < -0.39 is 52.8 Å². The van der Waals surface area contributed by atoms with Gasteiger partial charge in [-0.05, 0) is 16.7 Å². The zero-order valence-electron chi connectivity index (χ0n) is 14.9. The Balaban J connectivity index is 2.51. The zero-order valence-corrected chi connectivity index (χ0v) is 14.9. The predicted octanol–water partition coefficient (Wildman–Crippen LogP) is 1.71. The van der Waals surface area contributed by atoms with Crippen LogP contribution in [0.3, 0.4) is 0 Å². The van der Waals surface area contributed by atoms with Crippen LogP contribution in [0.2, 0.25) is 0 Å². The third-order valence-corrected chi connectivity index (χ3v) is 5.17. The van der Waals surface area contributed by atoms with Crippen molar-refractivity contribution < 1.29 is 42.4 Å². The lowest BCUT2D eigenvalue weighted by molar-refractivity contribution is -0.173. The number of hydrogen-bond donors (Lipinski definition) is 2. The van der Waals surface area contributed by atoms with Gasteiger partial charge in [-0.1, -0.05) is 36.4 Å². The summed E-state index contributed by atoms with van der Waals surface area (Å²) >= 11 is 0. The van der Waals surface area contributed by atoms with Crippen molar-refractivity contribution >= 4 is 23.6 Å². The van der Waals surface area contributed by atoms with Gasteiger partial charge in [0.1, 0.15) is 17.4 Å². The average Bonchev–Trinajstić information content (AvgIpc) is 2.66. The Bertz CT molecular complexity index is 888. The number of fused-ring (bicyclic) bond motifs is 3. The molecule has 0 saturated heterocycles. The van der Waals surface area contributed by atoms with Gasteiger partial charge in [-0.3, -0.25) is 9.59 Å². The third kappa shape index (κ3) is 2.65. The highest BCUT2D eigenvalue weighted by Crippen LogP contribution is 2.57. The molecule has 2 aliphatic carbocycles. The lowest BCUT2D eigenvalue weighted by Crippen LogP contribution is -2.58. The molecule has 0 aliphatic heterocycles. The molecule has 4 atom stereocenters. The number of rotatable bonds is 2. The number of alkyl halides is 3. The molecule has 0 heterocycles. The van der Waals surface area contributed by atoms with E-state index in [2.05, 4.69) is 4.74 Å². The van der Waals surface area contributed by atoms with Crippen LogP contribution >= 0.6 is 0 Å². The standard InChI is InChI=1S/C19H17F3O6/c1-27-16(25)13-15(24)14(23)12(19(20,21)22)11-10-6-4-3-5-9(10)7-8-18(11,13)17(26)28-2/h3-8,13-15,23-24H,1-2H3/t13-,14-,15+,18-/m1/s1. The molecule has 2 N–H and O–H groups in total. The van der Waals surface area contributed by atoms with E-state index in [-0.39, 0.29) is 5.56 Å². The second-order valence-corrected chi connectivity index (χ2v) is 6.50. The normalized spacial score (nSPS) is 29.0. The van der Waals surface area contributed by atoms with Crippen molar-refractivity contribution in [1.29, 1.82) is 0 Å². The number of benzene rings is 1. The maximum atomic E-state index is 14.0. The highest BCUT2D eigenvalue weighted by molar-refractivity contribution is 6.05. The quantitative estimate of drug-likeness (QED) is 0.737. The Morgan fingerprint density at radius 1 is 1.11 bits per heavy atom. The summed E-state index contributed by atoms with van der Waals surface area (Å²) in [6.45, 7) is 0. The SMILES string of the molecule is COC(=O)[C@H]1[C@H](O)[C@H](O)C(C(F)(F)F)=C2c3ccccc3C=C[C@@]21C(=O)OC. The fourth-order valence-corrected chi connectivity index (χ4v) is 4.02. The Morgan fingerprint density at radius 2 is 1.75 bits per heavy atom. The minimum absolute atomic E-state index is 0.00239. The number of aliphatic hydroxyl groups excluding tert-OH is 2. The number of esters is 2. The Labute approximate surface area is 157 Å². The van der Waals surface area contributed by atoms with Gasteiger partial charge in [-0.15, -0.1) is 0 Å². The van der Waals surface area contributed by atoms with Crippen LogP contribution in [-0.2, 0) is 19.1 Å². The molecule has 0 fully saturated rings. The van der Waals surface area contributed by atoms with E-state index in [0.29, 0.717) is 5.56 Å². The molecule has 150 valence electrons. The van der Waals surface area contributed by atoms with Gasteiger partial charge in [0.05, 0.1) is 25.9 Å². The maximum Gasteiger partial charge on any atom is 0.415 e. The number of carbonyl (C=O) groups excluding carboxylic acids is 2. The van der Waals surface area contributed by atoms with Crippen LogP contribution in [0.15, 0.2) is 35.9 Å². The molecule has 0 aromatic heterocycles. The summed E-state index contributed by atoms with van der Waals surface area (Å²) in [6.07, 6.45) is -7.32. The van der Waals surface area contributed by atoms with Gasteiger partial charge < -0.3 is 19.7 Å². The summed E-state index contributed by atoms with van der Waals surface area (Å²) in [5.41, 5.74) is -4.09. The smallest absolute Gasteiger partial charge is 0.415 e. The molecule has 2 aliphatic rings. The molecule has 28 heavy (non-hydrogen) atoms. The van der Waals surface area contributed by atoms with Gasteiger partial charge in [0.2, 0.25) is 0 Å². The summed E-state index contributed by atoms with van der Waals surface area (Å²) < 4.78 is 51.2. The molecule has 9 heteroatoms. The van der Waals surface area contributed by atoms with Gasteiger partial charge in [0.25, 0.3) is 0 Å². The van der Waals surface area contributed by atoms with Crippen LogP contribution in [0.25, 0.3) is 11.6 Å². The number of methoxy groups -OCH3 is 2. The number of ether oxygens (including phenoxy) is 2. The van der Waals surface area contributed by atoms with Crippen molar-refractivity contribution in [3.8, 4) is 0 Å². The van der Waals surface area contributed by atoms with Crippen molar-refractivity contribution in [2.75, 3.05) is 14.2 Å². The molecule has 0 saturated carbocycles. The molecule has 6 nitrogen and oxygen atoms in total. The van der Waals surface area contributed by atoms with Crippen molar-refractivity contribution in [2.24, 2.45) is 11.3 Å². The second-order valence-electron chi connectivity index (χ2n) is 6.50. The molecule has 3 rings (SSSR count). The highest BCUT2D eigenvalue weighted by atomic mass is 19.4. The fourth-order valence-electron chi connectivity index (χ4n) is 4.02. The van der Waals surface area contributed by atoms with Gasteiger partial charge in [0.15, 0.2) is 0 Å². The predicted molar refractivity (Wildman–Crippen MR) is 90.4 cm³/mol. The van der Waals surface area contributed by atoms with E-state index in [1.165, 1.54) is 24.3 Å². The summed E-state index contributed by atoms with van der Waals surface area (Å²) in [6, 6.07) is 5.93. The van der Waals surface area contributed by atoms with Crippen molar-refractivity contribution in [2.45, 2.75) is 18.4 Å². The molecule has 0 unspecified atom stereocenters. The minimum Gasteiger partial charge on any atom is -0.469 e. The topological polar surface area (TPSA) is 93.1 Å². The number of halogens is 3. The highest BCUT2D eigenvalue weighted by Gasteiger charge is 2.65. The van der Waals surface area contributed by atoms with E-state index in [1.807, 2.05) is 0 Å². The zero-order chi connectivity index (χ0) is 20.9. The fraction of sp³-hybridized carbons (Fsp3) is 0.368. The van der Waals surface area contributed by atoms with E-state index in [4.69, 9.17) is 4.74 Å². The van der Waals surface area contributed by atoms with Gasteiger partial charge in [-0.25, -0.2) is 0 Å². The van der Waals surface area contributed by atoms with Crippen LogP contribution in [0.5, 0.6) is 0 Å². The summed E-state index contributed by atoms with van der Waals surface area (Å²) in [4.78, 5) is 25.2. The van der Waals surface area contributed by atoms with E-state index in [9.17, 15) is 33.0 Å². The average molecular weight is 398 g/mol. The molecule has 0 bridgehead atoms. The number of hydrogen-bond acceptors (Lipinski definition) is 6. The van der Waals surface area contributed by atoms with Gasteiger partial charge in [-0.2, -0.15) is 13.2 Å². The minimum atomic E-state index is -5.09. The summed E-state index contributed by atoms with van der Waals surface area (Å²) in [5.74, 6) is -4.18. The van der Waals surface area contributed by atoms with E-state index >= 15 is 0 Å². The monoisotopic (exact) mass is 398 g/mol. The maximum absolute atomic E-state index is 14.0. The van der Waals surface area contributed by atoms with Crippen LogP contribution in [0, 0.1) is 11.3 Å². The first kappa shape index (κ1) is 20.1. The third-order valence-electron chi connectivity index (χ3n) is 5.17. The molecular formula is C19H17F3O6. The molecule has 1 aromatic rings. The number of carbonyl (C=O) groups is 2. The van der Waals surface area contributed by atoms with Crippen molar-refractivity contribution in [3.05, 3.63) is 47.0 Å². The lowest BCUT2D eigenvalue weighted by atomic mass is 9.57. The molecule has 1 aromatic carbocycles. The Kier molecular flexibility index (Phi) is 4.84. The number of aliphatic hydroxyl groups is 2. The Hall–Kier alpha value is -2.65. The van der Waals surface area contributed by atoms with Gasteiger partial charge >= 0.3 is 18.1 Å². The molecular weight excluding hydrogens is 381 g/mol. The molecule has 0 amide bonds. The van der Waals surface area contributed by atoms with Gasteiger partial charge in [0, 0.05) is 0 Å². The van der Waals surface area contributed by atoms with E-state index in [1.54, 1.807) is 6.07 Å².